The molecule has 2 aromatic rings. The number of thiophene rings is 1. The van der Waals surface area contributed by atoms with E-state index in [0.717, 1.165) is 4.88 Å². The van der Waals surface area contributed by atoms with Gasteiger partial charge in [0.1, 0.15) is 5.75 Å². The van der Waals surface area contributed by atoms with Gasteiger partial charge >= 0.3 is 0 Å². The van der Waals surface area contributed by atoms with E-state index in [1.165, 1.54) is 11.3 Å². The third kappa shape index (κ3) is 3.11. The Labute approximate surface area is 125 Å². The summed E-state index contributed by atoms with van der Waals surface area (Å²) in [6.07, 6.45) is 0. The molecule has 0 atom stereocenters. The van der Waals surface area contributed by atoms with Crippen LogP contribution in [0.3, 0.4) is 0 Å². The Morgan fingerprint density at radius 1 is 1.26 bits per heavy atom. The van der Waals surface area contributed by atoms with Crippen LogP contribution < -0.4 is 4.74 Å². The topological polar surface area (TPSA) is 26.3 Å². The quantitative estimate of drug-likeness (QED) is 0.743. The van der Waals surface area contributed by atoms with Gasteiger partial charge in [0, 0.05) is 16.5 Å². The highest BCUT2D eigenvalue weighted by Crippen LogP contribution is 2.33. The highest BCUT2D eigenvalue weighted by Gasteiger charge is 2.17. The van der Waals surface area contributed by atoms with Crippen molar-refractivity contribution >= 4 is 40.3 Å². The van der Waals surface area contributed by atoms with Crippen LogP contribution in [0.4, 0.5) is 0 Å². The van der Waals surface area contributed by atoms with Crippen molar-refractivity contribution in [3.8, 4) is 5.75 Å². The van der Waals surface area contributed by atoms with Crippen molar-refractivity contribution in [3.05, 3.63) is 49.6 Å². The van der Waals surface area contributed by atoms with Gasteiger partial charge in [0.15, 0.2) is 0 Å². The van der Waals surface area contributed by atoms with E-state index in [-0.39, 0.29) is 5.78 Å². The Morgan fingerprint density at radius 3 is 2.58 bits per heavy atom. The number of hydrogen-bond acceptors (Lipinski definition) is 3. The molecule has 0 aliphatic rings. The maximum Gasteiger partial charge on any atom is 0.204 e. The van der Waals surface area contributed by atoms with Crippen molar-refractivity contribution in [1.82, 2.24) is 0 Å². The fraction of sp³-hybridized carbons (Fsp3) is 0.214. The second kappa shape index (κ2) is 5.95. The second-order valence-corrected chi connectivity index (χ2v) is 6.04. The predicted molar refractivity (Wildman–Crippen MR) is 80.1 cm³/mol. The lowest BCUT2D eigenvalue weighted by atomic mass is 10.1. The number of rotatable bonds is 4. The standard InChI is InChI=1S/C14H12Cl2O2S/c1-3-18-12-7-10(15)9(6-11(12)16)14(17)13-5-4-8(2)19-13/h4-7H,3H2,1-2H3. The smallest absolute Gasteiger partial charge is 0.204 e. The van der Waals surface area contributed by atoms with Gasteiger partial charge in [-0.15, -0.1) is 11.3 Å². The van der Waals surface area contributed by atoms with Gasteiger partial charge in [-0.1, -0.05) is 23.2 Å². The Kier molecular flexibility index (Phi) is 4.50. The molecule has 0 aliphatic carbocycles. The lowest BCUT2D eigenvalue weighted by Crippen LogP contribution is -2.01. The van der Waals surface area contributed by atoms with Gasteiger partial charge in [0.25, 0.3) is 0 Å². The van der Waals surface area contributed by atoms with Gasteiger partial charge in [-0.05, 0) is 32.0 Å². The molecular weight excluding hydrogens is 303 g/mol. The summed E-state index contributed by atoms with van der Waals surface area (Å²) in [4.78, 5) is 14.1. The Bertz CT molecular complexity index is 620. The molecule has 2 nitrogen and oxygen atoms in total. The number of aryl methyl sites for hydroxylation is 1. The average Bonchev–Trinajstić information content (AvgIpc) is 2.79. The van der Waals surface area contributed by atoms with E-state index in [1.807, 2.05) is 19.9 Å². The van der Waals surface area contributed by atoms with Gasteiger partial charge in [-0.2, -0.15) is 0 Å². The summed E-state index contributed by atoms with van der Waals surface area (Å²) in [5, 5.41) is 0.742. The first kappa shape index (κ1) is 14.4. The van der Waals surface area contributed by atoms with Crippen molar-refractivity contribution in [3.63, 3.8) is 0 Å². The zero-order chi connectivity index (χ0) is 14.0. The first-order chi connectivity index (χ1) is 9.02. The molecule has 19 heavy (non-hydrogen) atoms. The van der Waals surface area contributed by atoms with Crippen LogP contribution in [-0.4, -0.2) is 12.4 Å². The zero-order valence-electron chi connectivity index (χ0n) is 10.5. The molecule has 0 saturated heterocycles. The molecular formula is C14H12Cl2O2S. The Balaban J connectivity index is 2.40. The maximum absolute atomic E-state index is 12.3. The van der Waals surface area contributed by atoms with Crippen LogP contribution in [-0.2, 0) is 0 Å². The zero-order valence-corrected chi connectivity index (χ0v) is 12.8. The van der Waals surface area contributed by atoms with Crippen LogP contribution >= 0.6 is 34.5 Å². The minimum atomic E-state index is -0.118. The van der Waals surface area contributed by atoms with Crippen molar-refractivity contribution in [2.45, 2.75) is 13.8 Å². The molecule has 0 fully saturated rings. The van der Waals surface area contributed by atoms with Crippen molar-refractivity contribution in [2.75, 3.05) is 6.61 Å². The highest BCUT2D eigenvalue weighted by atomic mass is 35.5. The van der Waals surface area contributed by atoms with Crippen LogP contribution in [0.5, 0.6) is 5.75 Å². The number of ketones is 1. The second-order valence-electron chi connectivity index (χ2n) is 3.93. The molecule has 0 bridgehead atoms. The lowest BCUT2D eigenvalue weighted by molar-refractivity contribution is 0.104. The van der Waals surface area contributed by atoms with E-state index in [2.05, 4.69) is 0 Å². The van der Waals surface area contributed by atoms with E-state index in [4.69, 9.17) is 27.9 Å². The number of ether oxygens (including phenoxy) is 1. The summed E-state index contributed by atoms with van der Waals surface area (Å²) in [5.41, 5.74) is 0.400. The molecule has 5 heteroatoms. The number of carbonyl (C=O) groups is 1. The lowest BCUT2D eigenvalue weighted by Gasteiger charge is -2.09. The van der Waals surface area contributed by atoms with Crippen LogP contribution in [0.1, 0.15) is 27.0 Å². The Hall–Kier alpha value is -1.03. The van der Waals surface area contributed by atoms with Crippen molar-refractivity contribution in [1.29, 1.82) is 0 Å². The monoisotopic (exact) mass is 314 g/mol. The molecule has 0 aliphatic heterocycles. The van der Waals surface area contributed by atoms with Crippen LogP contribution in [0.2, 0.25) is 10.0 Å². The van der Waals surface area contributed by atoms with E-state index >= 15 is 0 Å². The summed E-state index contributed by atoms with van der Waals surface area (Å²) < 4.78 is 5.34. The summed E-state index contributed by atoms with van der Waals surface area (Å²) in [6, 6.07) is 6.85. The Morgan fingerprint density at radius 2 is 2.00 bits per heavy atom. The SMILES string of the molecule is CCOc1cc(Cl)c(C(=O)c2ccc(C)s2)cc1Cl. The van der Waals surface area contributed by atoms with Gasteiger partial charge in [-0.25, -0.2) is 0 Å². The van der Waals surface area contributed by atoms with E-state index < -0.39 is 0 Å². The minimum Gasteiger partial charge on any atom is -0.492 e. The van der Waals surface area contributed by atoms with Crippen molar-refractivity contribution in [2.24, 2.45) is 0 Å². The summed E-state index contributed by atoms with van der Waals surface area (Å²) in [7, 11) is 0. The molecule has 0 unspecified atom stereocenters. The van der Waals surface area contributed by atoms with E-state index in [1.54, 1.807) is 18.2 Å². The first-order valence-corrected chi connectivity index (χ1v) is 7.33. The molecule has 0 N–H and O–H groups in total. The number of carbonyl (C=O) groups excluding carboxylic acids is 1. The van der Waals surface area contributed by atoms with Crippen LogP contribution in [0, 0.1) is 6.92 Å². The van der Waals surface area contributed by atoms with E-state index in [9.17, 15) is 4.79 Å². The van der Waals surface area contributed by atoms with Gasteiger partial charge < -0.3 is 4.74 Å². The third-order valence-corrected chi connectivity index (χ3v) is 4.14. The number of hydrogen-bond donors (Lipinski definition) is 0. The summed E-state index contributed by atoms with van der Waals surface area (Å²) >= 11 is 13.7. The van der Waals surface area contributed by atoms with Crippen LogP contribution in [0.25, 0.3) is 0 Å². The molecule has 1 aromatic carbocycles. The normalized spacial score (nSPS) is 10.5. The highest BCUT2D eigenvalue weighted by molar-refractivity contribution is 7.14. The van der Waals surface area contributed by atoms with E-state index in [0.29, 0.717) is 32.8 Å². The van der Waals surface area contributed by atoms with Gasteiger partial charge in [-0.3, -0.25) is 4.79 Å². The third-order valence-electron chi connectivity index (χ3n) is 2.53. The number of benzene rings is 1. The first-order valence-electron chi connectivity index (χ1n) is 5.76. The summed E-state index contributed by atoms with van der Waals surface area (Å²) in [5.74, 6) is 0.376. The van der Waals surface area contributed by atoms with Gasteiger partial charge in [0.05, 0.1) is 21.5 Å². The molecule has 2 rings (SSSR count). The largest absolute Gasteiger partial charge is 0.492 e. The molecule has 1 heterocycles. The molecule has 100 valence electrons. The van der Waals surface area contributed by atoms with Crippen LogP contribution in [0.15, 0.2) is 24.3 Å². The molecule has 0 saturated carbocycles. The molecule has 0 amide bonds. The maximum atomic E-state index is 12.3. The molecule has 0 radical (unpaired) electrons. The fourth-order valence-electron chi connectivity index (χ4n) is 1.66. The number of halogens is 2. The van der Waals surface area contributed by atoms with Gasteiger partial charge in [0.2, 0.25) is 5.78 Å². The predicted octanol–water partition coefficient (Wildman–Crippen LogP) is 4.99. The minimum absolute atomic E-state index is 0.118. The fourth-order valence-corrected chi connectivity index (χ4v) is 2.94. The summed E-state index contributed by atoms with van der Waals surface area (Å²) in [6.45, 7) is 4.30. The van der Waals surface area contributed by atoms with Crippen molar-refractivity contribution < 1.29 is 9.53 Å². The molecule has 1 aromatic heterocycles. The molecule has 0 spiro atoms. The average molecular weight is 315 g/mol.